The lowest BCUT2D eigenvalue weighted by molar-refractivity contribution is -0.112. The highest BCUT2D eigenvalue weighted by molar-refractivity contribution is 6.27. The molecule has 0 saturated carbocycles. The van der Waals surface area contributed by atoms with Gasteiger partial charge in [0.25, 0.3) is 0 Å². The van der Waals surface area contributed by atoms with Crippen LogP contribution in [-0.2, 0) is 4.79 Å². The van der Waals surface area contributed by atoms with E-state index in [1.54, 1.807) is 0 Å². The van der Waals surface area contributed by atoms with Gasteiger partial charge in [0.2, 0.25) is 0 Å². The Morgan fingerprint density at radius 2 is 1.68 bits per heavy atom. The van der Waals surface area contributed by atoms with Gasteiger partial charge >= 0.3 is 0 Å². The van der Waals surface area contributed by atoms with Crippen LogP contribution in [0.25, 0.3) is 0 Å². The highest BCUT2D eigenvalue weighted by Crippen LogP contribution is 2.11. The van der Waals surface area contributed by atoms with Crippen LogP contribution in [0.3, 0.4) is 0 Å². The Morgan fingerprint density at radius 3 is 2.32 bits per heavy atom. The van der Waals surface area contributed by atoms with Crippen LogP contribution >= 0.6 is 12.4 Å². The van der Waals surface area contributed by atoms with Crippen LogP contribution < -0.4 is 0 Å². The molecular weight excluding hydrogens is 264 g/mol. The van der Waals surface area contributed by atoms with Crippen LogP contribution in [0.1, 0.15) is 57.8 Å². The summed E-state index contributed by atoms with van der Waals surface area (Å²) in [6.45, 7) is 3.75. The van der Waals surface area contributed by atoms with Crippen molar-refractivity contribution in [1.29, 1.82) is 0 Å². The normalized spacial score (nSPS) is 17.1. The van der Waals surface area contributed by atoms with Crippen molar-refractivity contribution in [3.8, 4) is 0 Å². The summed E-state index contributed by atoms with van der Waals surface area (Å²) in [6.07, 6.45) is 11.4. The predicted octanol–water partition coefficient (Wildman–Crippen LogP) is 3.26. The number of ketones is 1. The summed E-state index contributed by atoms with van der Waals surface area (Å²) in [5, 5.41) is 10.9. The van der Waals surface area contributed by atoms with Gasteiger partial charge in [-0.3, -0.25) is 4.79 Å². The zero-order chi connectivity index (χ0) is 13.1. The molecule has 1 rings (SSSR count). The molecule has 0 unspecified atom stereocenters. The molecule has 0 aliphatic carbocycles. The molecule has 0 radical (unpaired) electrons. The second kappa shape index (κ2) is 12.4. The van der Waals surface area contributed by atoms with Crippen LogP contribution in [0.15, 0.2) is 5.16 Å². The maximum absolute atomic E-state index is 11.0. The molecule has 0 amide bonds. The number of hydrogen-bond acceptors (Lipinski definition) is 4. The Morgan fingerprint density at radius 1 is 1.05 bits per heavy atom. The van der Waals surface area contributed by atoms with Gasteiger partial charge in [0.1, 0.15) is 6.21 Å². The van der Waals surface area contributed by atoms with Gasteiger partial charge in [-0.05, 0) is 45.3 Å². The van der Waals surface area contributed by atoms with Gasteiger partial charge in [-0.1, -0.05) is 30.8 Å². The van der Waals surface area contributed by atoms with Crippen LogP contribution in [0, 0.1) is 0 Å². The molecule has 0 aromatic carbocycles. The topological polar surface area (TPSA) is 52.9 Å². The molecule has 112 valence electrons. The first-order valence-electron chi connectivity index (χ1n) is 7.25. The molecule has 0 aromatic heterocycles. The Balaban J connectivity index is 0.00000324. The molecular formula is C14H27ClN2O2. The summed E-state index contributed by atoms with van der Waals surface area (Å²) < 4.78 is 0. The first-order valence-corrected chi connectivity index (χ1v) is 7.25. The summed E-state index contributed by atoms with van der Waals surface area (Å²) in [5.74, 6) is -0.0787. The van der Waals surface area contributed by atoms with Crippen molar-refractivity contribution in [2.24, 2.45) is 5.16 Å². The Labute approximate surface area is 122 Å². The smallest absolute Gasteiger partial charge is 0.177 e. The molecule has 1 aliphatic rings. The number of Topliss-reactive ketones (excluding diaryl/α,β-unsaturated/α-hetero) is 1. The molecule has 1 fully saturated rings. The first-order chi connectivity index (χ1) is 8.83. The number of unbranched alkanes of at least 4 members (excludes halogenated alkanes) is 3. The number of carbonyl (C=O) groups excluding carboxylic acids is 1. The molecule has 4 nitrogen and oxygen atoms in total. The lowest BCUT2D eigenvalue weighted by Gasteiger charge is -2.19. The minimum atomic E-state index is -0.0787. The fraction of sp³-hybridized carbons (Fsp3) is 0.857. The fourth-order valence-electron chi connectivity index (χ4n) is 2.48. The monoisotopic (exact) mass is 290 g/mol. The van der Waals surface area contributed by atoms with Crippen LogP contribution in [0.2, 0.25) is 0 Å². The van der Waals surface area contributed by atoms with Crippen molar-refractivity contribution >= 4 is 24.4 Å². The molecule has 0 bridgehead atoms. The standard InChI is InChI=1S/C14H26N2O2.ClH/c17-14(13-15-18)9-5-1-2-6-10-16-11-7-3-4-8-12-16;/h13,18H,1-12H2;1H/b15-13-;. The van der Waals surface area contributed by atoms with E-state index in [1.807, 2.05) is 0 Å². The lowest BCUT2D eigenvalue weighted by atomic mass is 10.1. The molecule has 1 aliphatic heterocycles. The summed E-state index contributed by atoms with van der Waals surface area (Å²) in [4.78, 5) is 13.6. The van der Waals surface area contributed by atoms with Gasteiger partial charge in [-0.25, -0.2) is 0 Å². The maximum Gasteiger partial charge on any atom is 0.177 e. The van der Waals surface area contributed by atoms with Crippen LogP contribution in [0.4, 0.5) is 0 Å². The highest BCUT2D eigenvalue weighted by Gasteiger charge is 2.07. The first kappa shape index (κ1) is 18.4. The van der Waals surface area contributed by atoms with Crippen molar-refractivity contribution < 1.29 is 10.0 Å². The summed E-state index contributed by atoms with van der Waals surface area (Å²) >= 11 is 0. The van der Waals surface area contributed by atoms with Gasteiger partial charge in [0.05, 0.1) is 0 Å². The number of halogens is 1. The summed E-state index contributed by atoms with van der Waals surface area (Å²) in [5.41, 5.74) is 0. The molecule has 0 atom stereocenters. The number of likely N-dealkylation sites (tertiary alicyclic amines) is 1. The number of nitrogens with zero attached hydrogens (tertiary/aromatic N) is 2. The average Bonchev–Trinajstić information content (AvgIpc) is 2.62. The van der Waals surface area contributed by atoms with E-state index in [2.05, 4.69) is 10.1 Å². The van der Waals surface area contributed by atoms with Gasteiger partial charge in [0.15, 0.2) is 5.78 Å². The van der Waals surface area contributed by atoms with E-state index in [4.69, 9.17) is 5.21 Å². The van der Waals surface area contributed by atoms with E-state index >= 15 is 0 Å². The molecule has 1 N–H and O–H groups in total. The van der Waals surface area contributed by atoms with E-state index in [-0.39, 0.29) is 18.2 Å². The Kier molecular flexibility index (Phi) is 12.0. The van der Waals surface area contributed by atoms with Crippen molar-refractivity contribution in [3.63, 3.8) is 0 Å². The largest absolute Gasteiger partial charge is 0.411 e. The zero-order valence-electron chi connectivity index (χ0n) is 11.7. The highest BCUT2D eigenvalue weighted by atomic mass is 35.5. The molecule has 5 heteroatoms. The minimum Gasteiger partial charge on any atom is -0.411 e. The van der Waals surface area contributed by atoms with Gasteiger partial charge in [0, 0.05) is 6.42 Å². The van der Waals surface area contributed by atoms with Crippen molar-refractivity contribution in [2.75, 3.05) is 19.6 Å². The van der Waals surface area contributed by atoms with Gasteiger partial charge in [-0.2, -0.15) is 0 Å². The zero-order valence-corrected chi connectivity index (χ0v) is 12.5. The van der Waals surface area contributed by atoms with Crippen molar-refractivity contribution in [2.45, 2.75) is 57.8 Å². The Hall–Kier alpha value is -0.610. The summed E-state index contributed by atoms with van der Waals surface area (Å²) in [6, 6.07) is 0. The number of rotatable bonds is 8. The van der Waals surface area contributed by atoms with Crippen molar-refractivity contribution in [3.05, 3.63) is 0 Å². The number of oxime groups is 1. The van der Waals surface area contributed by atoms with Gasteiger partial charge in [-0.15, -0.1) is 12.4 Å². The predicted molar refractivity (Wildman–Crippen MR) is 80.5 cm³/mol. The molecule has 0 aromatic rings. The van der Waals surface area contributed by atoms with E-state index < -0.39 is 0 Å². The van der Waals surface area contributed by atoms with Gasteiger partial charge < -0.3 is 10.1 Å². The molecule has 0 spiro atoms. The summed E-state index contributed by atoms with van der Waals surface area (Å²) in [7, 11) is 0. The minimum absolute atomic E-state index is 0. The fourth-order valence-corrected chi connectivity index (χ4v) is 2.48. The van der Waals surface area contributed by atoms with Crippen LogP contribution in [-0.4, -0.2) is 41.7 Å². The molecule has 1 saturated heterocycles. The second-order valence-electron chi connectivity index (χ2n) is 5.13. The Bertz CT molecular complexity index is 252. The van der Waals surface area contributed by atoms with E-state index in [1.165, 1.54) is 58.2 Å². The second-order valence-corrected chi connectivity index (χ2v) is 5.13. The SMILES string of the molecule is Cl.O=C(/C=N\O)CCCCCCN1CCCCCC1. The number of hydrogen-bond donors (Lipinski definition) is 1. The lowest BCUT2D eigenvalue weighted by Crippen LogP contribution is -2.25. The number of carbonyl (C=O) groups is 1. The average molecular weight is 291 g/mol. The van der Waals surface area contributed by atoms with E-state index in [9.17, 15) is 4.79 Å². The third-order valence-electron chi connectivity index (χ3n) is 3.55. The third-order valence-corrected chi connectivity index (χ3v) is 3.55. The molecule has 1 heterocycles. The van der Waals surface area contributed by atoms with E-state index in [0.717, 1.165) is 19.1 Å². The third kappa shape index (κ3) is 9.91. The van der Waals surface area contributed by atoms with E-state index in [0.29, 0.717) is 6.42 Å². The maximum atomic E-state index is 11.0. The van der Waals surface area contributed by atoms with Crippen LogP contribution in [0.5, 0.6) is 0 Å². The van der Waals surface area contributed by atoms with Crippen molar-refractivity contribution in [1.82, 2.24) is 4.90 Å². The quantitative estimate of drug-likeness (QED) is 0.323. The molecule has 19 heavy (non-hydrogen) atoms.